The van der Waals surface area contributed by atoms with E-state index < -0.39 is 26.2 Å². The maximum atomic E-state index is 13.0. The van der Waals surface area contributed by atoms with Crippen LogP contribution in [-0.4, -0.2) is 51.1 Å². The van der Waals surface area contributed by atoms with Gasteiger partial charge >= 0.3 is 0 Å². The average Bonchev–Trinajstić information content (AvgIpc) is 3.04. The Hall–Kier alpha value is -2.23. The van der Waals surface area contributed by atoms with Crippen LogP contribution in [0.4, 0.5) is 0 Å². The minimum absolute atomic E-state index is 0.110. The van der Waals surface area contributed by atoms with Crippen molar-refractivity contribution >= 4 is 25.9 Å². The van der Waals surface area contributed by atoms with Crippen LogP contribution in [0.1, 0.15) is 25.0 Å². The van der Waals surface area contributed by atoms with E-state index in [0.717, 1.165) is 11.1 Å². The molecular weight excluding hydrogens is 410 g/mol. The van der Waals surface area contributed by atoms with Gasteiger partial charge in [-0.2, -0.15) is 12.7 Å². The van der Waals surface area contributed by atoms with Gasteiger partial charge in [0.25, 0.3) is 10.0 Å². The molecule has 0 unspecified atom stereocenters. The van der Waals surface area contributed by atoms with Gasteiger partial charge in [-0.25, -0.2) is 8.42 Å². The number of sulfonamides is 2. The summed E-state index contributed by atoms with van der Waals surface area (Å²) in [6, 6.07) is 13.1. The van der Waals surface area contributed by atoms with Crippen molar-refractivity contribution < 1.29 is 16.8 Å². The molecule has 0 aliphatic carbocycles. The third-order valence-corrected chi connectivity index (χ3v) is 8.39. The van der Waals surface area contributed by atoms with Crippen LogP contribution in [0.5, 0.6) is 0 Å². The molecule has 29 heavy (non-hydrogen) atoms. The highest BCUT2D eigenvalue weighted by atomic mass is 32.2. The molecule has 1 saturated heterocycles. The zero-order valence-electron chi connectivity index (χ0n) is 16.9. The van der Waals surface area contributed by atoms with Gasteiger partial charge in [0, 0.05) is 13.1 Å². The average molecular weight is 436 g/mol. The number of benzene rings is 2. The van der Waals surface area contributed by atoms with Crippen molar-refractivity contribution in [3.63, 3.8) is 0 Å². The van der Waals surface area contributed by atoms with E-state index in [2.05, 4.69) is 4.40 Å². The SMILES string of the molecule is CC(=NS(=O)(=O)c1ccc(C)cc1)N1CCN(S(=O)(=O)c2ccc(C)cc2)[C@H]1C. The summed E-state index contributed by atoms with van der Waals surface area (Å²) >= 11 is 0. The van der Waals surface area contributed by atoms with Crippen LogP contribution in [-0.2, 0) is 20.0 Å². The second-order valence-corrected chi connectivity index (χ2v) is 10.7. The first kappa shape index (κ1) is 21.5. The van der Waals surface area contributed by atoms with Crippen molar-refractivity contribution in [1.29, 1.82) is 0 Å². The van der Waals surface area contributed by atoms with Gasteiger partial charge < -0.3 is 4.90 Å². The fourth-order valence-corrected chi connectivity index (χ4v) is 5.95. The summed E-state index contributed by atoms with van der Waals surface area (Å²) < 4.78 is 56.5. The van der Waals surface area contributed by atoms with E-state index in [0.29, 0.717) is 6.54 Å². The Kier molecular flexibility index (Phi) is 5.84. The third kappa shape index (κ3) is 4.36. The molecule has 0 spiro atoms. The van der Waals surface area contributed by atoms with Crippen molar-refractivity contribution in [2.45, 2.75) is 43.7 Å². The van der Waals surface area contributed by atoms with Gasteiger partial charge in [-0.1, -0.05) is 35.4 Å². The normalized spacial score (nSPS) is 19.0. The molecule has 3 rings (SSSR count). The Morgan fingerprint density at radius 1 is 0.862 bits per heavy atom. The molecule has 156 valence electrons. The lowest BCUT2D eigenvalue weighted by Crippen LogP contribution is -2.41. The highest BCUT2D eigenvalue weighted by Crippen LogP contribution is 2.25. The number of nitrogens with zero attached hydrogens (tertiary/aromatic N) is 3. The third-order valence-electron chi connectivity index (χ3n) is 5.04. The summed E-state index contributed by atoms with van der Waals surface area (Å²) in [4.78, 5) is 2.02. The van der Waals surface area contributed by atoms with Crippen molar-refractivity contribution in [2.24, 2.45) is 4.40 Å². The zero-order valence-corrected chi connectivity index (χ0v) is 18.5. The van der Waals surface area contributed by atoms with Crippen LogP contribution in [0.15, 0.2) is 62.7 Å². The Bertz CT molecular complexity index is 1120. The van der Waals surface area contributed by atoms with E-state index >= 15 is 0 Å². The molecule has 1 aliphatic heterocycles. The maximum Gasteiger partial charge on any atom is 0.283 e. The summed E-state index contributed by atoms with van der Waals surface area (Å²) in [5, 5.41) is 0. The Morgan fingerprint density at radius 3 is 1.86 bits per heavy atom. The van der Waals surface area contributed by atoms with Gasteiger partial charge in [-0.15, -0.1) is 4.40 Å². The van der Waals surface area contributed by atoms with E-state index in [1.807, 2.05) is 13.8 Å². The van der Waals surface area contributed by atoms with Gasteiger partial charge in [0.2, 0.25) is 10.0 Å². The standard InChI is InChI=1S/C20H25N3O4S2/c1-15-5-9-19(10-6-15)28(24,25)21-17(3)22-13-14-23(18(22)4)29(26,27)20-11-7-16(2)8-12-20/h5-12,18H,13-14H2,1-4H3/t18-/m0/s1. The smallest absolute Gasteiger partial charge is 0.283 e. The molecule has 0 radical (unpaired) electrons. The molecule has 2 aromatic rings. The predicted octanol–water partition coefficient (Wildman–Crippen LogP) is 2.76. The molecule has 0 amide bonds. The Labute approximate surface area is 172 Å². The molecule has 1 heterocycles. The van der Waals surface area contributed by atoms with Crippen molar-refractivity contribution in [2.75, 3.05) is 13.1 Å². The molecule has 7 nitrogen and oxygen atoms in total. The molecule has 1 atom stereocenters. The van der Waals surface area contributed by atoms with Gasteiger partial charge in [0.05, 0.1) is 16.0 Å². The molecule has 0 aromatic heterocycles. The van der Waals surface area contributed by atoms with Crippen LogP contribution in [0.3, 0.4) is 0 Å². The van der Waals surface area contributed by atoms with E-state index in [1.165, 1.54) is 16.4 Å². The summed E-state index contributed by atoms with van der Waals surface area (Å²) in [6.45, 7) is 7.71. The lowest BCUT2D eigenvalue weighted by Gasteiger charge is -2.27. The second kappa shape index (κ2) is 7.89. The topological polar surface area (TPSA) is 87.1 Å². The fourth-order valence-electron chi connectivity index (χ4n) is 3.32. The summed E-state index contributed by atoms with van der Waals surface area (Å²) in [5.41, 5.74) is 1.93. The monoisotopic (exact) mass is 435 g/mol. The Balaban J connectivity index is 1.85. The van der Waals surface area contributed by atoms with Crippen LogP contribution < -0.4 is 0 Å². The number of hydrogen-bond donors (Lipinski definition) is 0. The lowest BCUT2D eigenvalue weighted by atomic mass is 10.2. The first-order valence-electron chi connectivity index (χ1n) is 9.26. The summed E-state index contributed by atoms with van der Waals surface area (Å²) in [7, 11) is -7.55. The summed E-state index contributed by atoms with van der Waals surface area (Å²) in [5.74, 6) is 0.264. The minimum atomic E-state index is -3.87. The van der Waals surface area contributed by atoms with E-state index in [4.69, 9.17) is 0 Å². The molecule has 0 bridgehead atoms. The maximum absolute atomic E-state index is 13.0. The van der Waals surface area contributed by atoms with Crippen LogP contribution in [0, 0.1) is 13.8 Å². The van der Waals surface area contributed by atoms with Gasteiger partial charge in [-0.05, 0) is 52.0 Å². The summed E-state index contributed by atoms with van der Waals surface area (Å²) in [6.07, 6.45) is -0.543. The van der Waals surface area contributed by atoms with Gasteiger partial charge in [0.1, 0.15) is 5.84 Å². The van der Waals surface area contributed by atoms with Crippen LogP contribution in [0.25, 0.3) is 0 Å². The van der Waals surface area contributed by atoms with Gasteiger partial charge in [0.15, 0.2) is 0 Å². The molecule has 0 saturated carbocycles. The van der Waals surface area contributed by atoms with Crippen LogP contribution >= 0.6 is 0 Å². The predicted molar refractivity (Wildman–Crippen MR) is 113 cm³/mol. The van der Waals surface area contributed by atoms with Crippen molar-refractivity contribution in [3.05, 3.63) is 59.7 Å². The first-order valence-corrected chi connectivity index (χ1v) is 12.1. The highest BCUT2D eigenvalue weighted by Gasteiger charge is 2.38. The molecular formula is C20H25N3O4S2. The lowest BCUT2D eigenvalue weighted by molar-refractivity contribution is 0.301. The molecule has 9 heteroatoms. The fraction of sp³-hybridized carbons (Fsp3) is 0.350. The number of rotatable bonds is 4. The molecule has 1 aliphatic rings. The number of amidine groups is 1. The van der Waals surface area contributed by atoms with Crippen LogP contribution in [0.2, 0.25) is 0 Å². The van der Waals surface area contributed by atoms with Crippen molar-refractivity contribution in [1.82, 2.24) is 9.21 Å². The highest BCUT2D eigenvalue weighted by molar-refractivity contribution is 7.90. The van der Waals surface area contributed by atoms with E-state index in [9.17, 15) is 16.8 Å². The number of aryl methyl sites for hydroxylation is 2. The number of hydrogen-bond acceptors (Lipinski definition) is 4. The van der Waals surface area contributed by atoms with Crippen molar-refractivity contribution in [3.8, 4) is 0 Å². The largest absolute Gasteiger partial charge is 0.342 e. The first-order chi connectivity index (χ1) is 13.5. The van der Waals surface area contributed by atoms with E-state index in [1.54, 1.807) is 55.1 Å². The quantitative estimate of drug-likeness (QED) is 0.544. The molecule has 0 N–H and O–H groups in total. The Morgan fingerprint density at radius 2 is 1.34 bits per heavy atom. The second-order valence-electron chi connectivity index (χ2n) is 7.18. The van der Waals surface area contributed by atoms with Gasteiger partial charge in [-0.3, -0.25) is 0 Å². The zero-order chi connectivity index (χ0) is 21.4. The molecule has 1 fully saturated rings. The van der Waals surface area contributed by atoms with E-state index in [-0.39, 0.29) is 22.2 Å². The minimum Gasteiger partial charge on any atom is -0.342 e. The molecule has 2 aromatic carbocycles.